The highest BCUT2D eigenvalue weighted by molar-refractivity contribution is 5.30. The van der Waals surface area contributed by atoms with E-state index in [4.69, 9.17) is 8.83 Å². The quantitative estimate of drug-likeness (QED) is 0.762. The molecule has 0 spiro atoms. The molecule has 0 aliphatic heterocycles. The zero-order valence-electron chi connectivity index (χ0n) is 11.2. The molecule has 0 radical (unpaired) electrons. The van der Waals surface area contributed by atoms with Crippen LogP contribution in [0.1, 0.15) is 55.1 Å². The maximum absolute atomic E-state index is 5.93. The first-order valence-electron chi connectivity index (χ1n) is 6.84. The highest BCUT2D eigenvalue weighted by Crippen LogP contribution is 2.45. The third-order valence-electron chi connectivity index (χ3n) is 4.13. The summed E-state index contributed by atoms with van der Waals surface area (Å²) in [7, 11) is 0. The third-order valence-corrected chi connectivity index (χ3v) is 4.13. The van der Waals surface area contributed by atoms with Gasteiger partial charge in [0.15, 0.2) is 0 Å². The summed E-state index contributed by atoms with van der Waals surface area (Å²) in [6.45, 7) is 4.01. The molecule has 1 fully saturated rings. The van der Waals surface area contributed by atoms with E-state index in [2.05, 4.69) is 24.3 Å². The summed E-state index contributed by atoms with van der Waals surface area (Å²) in [6.07, 6.45) is 6.08. The van der Waals surface area contributed by atoms with E-state index in [-0.39, 0.29) is 5.41 Å². The van der Waals surface area contributed by atoms with Crippen LogP contribution in [-0.2, 0) is 5.41 Å². The number of hydrogen-bond donors (Lipinski definition) is 0. The molecular weight excluding hydrogens is 224 g/mol. The predicted octanol–water partition coefficient (Wildman–Crippen LogP) is 4.74. The first kappa shape index (κ1) is 11.6. The Morgan fingerprint density at radius 3 is 1.67 bits per heavy atom. The van der Waals surface area contributed by atoms with E-state index in [9.17, 15) is 0 Å². The molecule has 3 rings (SSSR count). The fourth-order valence-electron chi connectivity index (χ4n) is 3.15. The molecule has 2 nitrogen and oxygen atoms in total. The molecule has 0 N–H and O–H groups in total. The molecule has 2 aromatic heterocycles. The van der Waals surface area contributed by atoms with E-state index in [0.29, 0.717) is 0 Å². The zero-order chi connectivity index (χ0) is 12.6. The summed E-state index contributed by atoms with van der Waals surface area (Å²) in [5.41, 5.74) is -0.0270. The van der Waals surface area contributed by atoms with E-state index in [1.54, 1.807) is 0 Å². The van der Waals surface area contributed by atoms with Crippen LogP contribution in [0.2, 0.25) is 0 Å². The van der Waals surface area contributed by atoms with Crippen LogP contribution in [0.3, 0.4) is 0 Å². The summed E-state index contributed by atoms with van der Waals surface area (Å²) < 4.78 is 11.9. The second-order valence-corrected chi connectivity index (χ2v) is 5.46. The fraction of sp³-hybridized carbons (Fsp3) is 0.500. The van der Waals surface area contributed by atoms with Crippen LogP contribution < -0.4 is 0 Å². The van der Waals surface area contributed by atoms with Crippen molar-refractivity contribution in [3.63, 3.8) is 0 Å². The minimum absolute atomic E-state index is 0.0270. The average Bonchev–Trinajstić information content (AvgIpc) is 2.99. The Balaban J connectivity index is 2.08. The van der Waals surface area contributed by atoms with Crippen LogP contribution >= 0.6 is 0 Å². The van der Waals surface area contributed by atoms with E-state index in [0.717, 1.165) is 35.9 Å². The molecule has 0 saturated heterocycles. The van der Waals surface area contributed by atoms with E-state index >= 15 is 0 Å². The van der Waals surface area contributed by atoms with Crippen LogP contribution in [0, 0.1) is 13.8 Å². The monoisotopic (exact) mass is 244 g/mol. The zero-order valence-corrected chi connectivity index (χ0v) is 11.2. The molecule has 0 atom stereocenters. The van der Waals surface area contributed by atoms with Crippen LogP contribution in [0.4, 0.5) is 0 Å². The first-order valence-corrected chi connectivity index (χ1v) is 6.84. The van der Waals surface area contributed by atoms with Crippen molar-refractivity contribution >= 4 is 0 Å². The van der Waals surface area contributed by atoms with Crippen LogP contribution in [0.25, 0.3) is 0 Å². The largest absolute Gasteiger partial charge is 0.465 e. The molecule has 1 aliphatic carbocycles. The van der Waals surface area contributed by atoms with Crippen molar-refractivity contribution < 1.29 is 8.83 Å². The fourth-order valence-corrected chi connectivity index (χ4v) is 3.15. The van der Waals surface area contributed by atoms with Crippen molar-refractivity contribution in [2.24, 2.45) is 0 Å². The Hall–Kier alpha value is -1.44. The lowest BCUT2D eigenvalue weighted by Gasteiger charge is -2.33. The van der Waals surface area contributed by atoms with E-state index in [1.165, 1.54) is 19.3 Å². The molecule has 2 heterocycles. The molecule has 0 aromatic carbocycles. The van der Waals surface area contributed by atoms with Gasteiger partial charge in [-0.05, 0) is 51.0 Å². The number of rotatable bonds is 2. The molecule has 2 heteroatoms. The van der Waals surface area contributed by atoms with Crippen molar-refractivity contribution in [1.29, 1.82) is 0 Å². The summed E-state index contributed by atoms with van der Waals surface area (Å²) in [4.78, 5) is 0. The highest BCUT2D eigenvalue weighted by atomic mass is 16.4. The first-order chi connectivity index (χ1) is 8.71. The number of hydrogen-bond acceptors (Lipinski definition) is 2. The average molecular weight is 244 g/mol. The second-order valence-electron chi connectivity index (χ2n) is 5.46. The summed E-state index contributed by atoms with van der Waals surface area (Å²) in [6, 6.07) is 8.36. The van der Waals surface area contributed by atoms with E-state index in [1.807, 2.05) is 13.8 Å². The number of furan rings is 2. The molecule has 0 amide bonds. The minimum atomic E-state index is -0.0270. The summed E-state index contributed by atoms with van der Waals surface area (Å²) in [5, 5.41) is 0. The van der Waals surface area contributed by atoms with Gasteiger partial charge in [0.1, 0.15) is 23.0 Å². The summed E-state index contributed by atoms with van der Waals surface area (Å²) >= 11 is 0. The molecule has 96 valence electrons. The van der Waals surface area contributed by atoms with Gasteiger partial charge in [-0.15, -0.1) is 0 Å². The maximum atomic E-state index is 5.93. The van der Waals surface area contributed by atoms with Crippen molar-refractivity contribution in [3.05, 3.63) is 47.3 Å². The Morgan fingerprint density at radius 1 is 0.778 bits per heavy atom. The van der Waals surface area contributed by atoms with Crippen molar-refractivity contribution in [2.75, 3.05) is 0 Å². The molecule has 1 aliphatic rings. The summed E-state index contributed by atoms with van der Waals surface area (Å²) in [5.74, 6) is 4.12. The lowest BCUT2D eigenvalue weighted by atomic mass is 9.70. The highest BCUT2D eigenvalue weighted by Gasteiger charge is 2.41. The Morgan fingerprint density at radius 2 is 1.28 bits per heavy atom. The van der Waals surface area contributed by atoms with Gasteiger partial charge in [-0.3, -0.25) is 0 Å². The van der Waals surface area contributed by atoms with Crippen LogP contribution in [0.5, 0.6) is 0 Å². The van der Waals surface area contributed by atoms with Crippen LogP contribution in [-0.4, -0.2) is 0 Å². The molecule has 0 unspecified atom stereocenters. The molecule has 18 heavy (non-hydrogen) atoms. The van der Waals surface area contributed by atoms with Gasteiger partial charge in [0.25, 0.3) is 0 Å². The van der Waals surface area contributed by atoms with Gasteiger partial charge in [-0.2, -0.15) is 0 Å². The van der Waals surface area contributed by atoms with Crippen molar-refractivity contribution in [3.8, 4) is 0 Å². The lowest BCUT2D eigenvalue weighted by Crippen LogP contribution is -2.29. The predicted molar refractivity (Wildman–Crippen MR) is 70.8 cm³/mol. The smallest absolute Gasteiger partial charge is 0.117 e. The Labute approximate surface area is 108 Å². The Bertz CT molecular complexity index is 485. The minimum Gasteiger partial charge on any atom is -0.465 e. The molecule has 2 aromatic rings. The second kappa shape index (κ2) is 4.34. The third kappa shape index (κ3) is 1.80. The van der Waals surface area contributed by atoms with Gasteiger partial charge in [-0.1, -0.05) is 19.3 Å². The van der Waals surface area contributed by atoms with E-state index < -0.39 is 0 Å². The van der Waals surface area contributed by atoms with Gasteiger partial charge in [0, 0.05) is 0 Å². The van der Waals surface area contributed by atoms with Gasteiger partial charge < -0.3 is 8.83 Å². The van der Waals surface area contributed by atoms with Crippen LogP contribution in [0.15, 0.2) is 33.1 Å². The molecule has 0 bridgehead atoms. The maximum Gasteiger partial charge on any atom is 0.117 e. The number of aryl methyl sites for hydroxylation is 2. The molecule has 1 saturated carbocycles. The SMILES string of the molecule is Cc1ccc(C2(c3ccc(C)o3)CCCCC2)o1. The van der Waals surface area contributed by atoms with Gasteiger partial charge in [-0.25, -0.2) is 0 Å². The molecular formula is C16H20O2. The standard InChI is InChI=1S/C16H20O2/c1-12-6-8-14(17-12)16(10-4-3-5-11-16)15-9-7-13(2)18-15/h6-9H,3-5,10-11H2,1-2H3. The van der Waals surface area contributed by atoms with Gasteiger partial charge >= 0.3 is 0 Å². The van der Waals surface area contributed by atoms with Gasteiger partial charge in [0.05, 0.1) is 5.41 Å². The normalized spacial score (nSPS) is 19.0. The Kier molecular flexibility index (Phi) is 2.81. The lowest BCUT2D eigenvalue weighted by molar-refractivity contribution is 0.243. The topological polar surface area (TPSA) is 26.3 Å². The van der Waals surface area contributed by atoms with Gasteiger partial charge in [0.2, 0.25) is 0 Å². The van der Waals surface area contributed by atoms with Crippen molar-refractivity contribution in [1.82, 2.24) is 0 Å². The van der Waals surface area contributed by atoms with Crippen molar-refractivity contribution in [2.45, 2.75) is 51.4 Å².